The minimum atomic E-state index is -0.254. The molecule has 0 atom stereocenters. The largest absolute Gasteiger partial charge is 0.461 e. The molecule has 0 aliphatic heterocycles. The molecule has 20 heavy (non-hydrogen) atoms. The van der Waals surface area contributed by atoms with Crippen molar-refractivity contribution in [3.05, 3.63) is 65.5 Å². The quantitative estimate of drug-likeness (QED) is 0.757. The van der Waals surface area contributed by atoms with Crippen LogP contribution in [0.4, 0.5) is 0 Å². The molecule has 0 spiro atoms. The summed E-state index contributed by atoms with van der Waals surface area (Å²) in [6.45, 7) is 0.771. The fourth-order valence-corrected chi connectivity index (χ4v) is 1.75. The molecule has 0 aliphatic rings. The van der Waals surface area contributed by atoms with Gasteiger partial charge in [-0.05, 0) is 17.2 Å². The molecule has 0 saturated heterocycles. The summed E-state index contributed by atoms with van der Waals surface area (Å²) in [5.41, 5.74) is 2.66. The van der Waals surface area contributed by atoms with E-state index in [-0.39, 0.29) is 12.4 Å². The van der Waals surface area contributed by atoms with E-state index in [0.717, 1.165) is 16.8 Å². The molecule has 4 nitrogen and oxygen atoms in total. The monoisotopic (exact) mass is 271 g/mol. The van der Waals surface area contributed by atoms with Crippen molar-refractivity contribution >= 4 is 5.97 Å². The summed E-state index contributed by atoms with van der Waals surface area (Å²) in [6.07, 6.45) is 1.91. The van der Waals surface area contributed by atoms with E-state index in [1.807, 2.05) is 42.5 Å². The van der Waals surface area contributed by atoms with Crippen molar-refractivity contribution in [2.45, 2.75) is 19.6 Å². The molecule has 0 amide bonds. The van der Waals surface area contributed by atoms with Gasteiger partial charge in [0.05, 0.1) is 18.7 Å². The number of pyridine rings is 1. The Bertz CT molecular complexity index is 537. The molecule has 0 bridgehead atoms. The maximum absolute atomic E-state index is 11.7. The van der Waals surface area contributed by atoms with Crippen LogP contribution in [-0.2, 0) is 33.9 Å². The van der Waals surface area contributed by atoms with Gasteiger partial charge in [-0.2, -0.15) is 0 Å². The zero-order valence-electron chi connectivity index (χ0n) is 11.4. The molecule has 104 valence electrons. The number of methoxy groups -OCH3 is 1. The van der Waals surface area contributed by atoms with Crippen LogP contribution in [0.5, 0.6) is 0 Å². The van der Waals surface area contributed by atoms with Crippen LogP contribution in [0.3, 0.4) is 0 Å². The number of ether oxygens (including phenoxy) is 2. The molecule has 4 heteroatoms. The Balaban J connectivity index is 1.82. The fraction of sp³-hybridized carbons (Fsp3) is 0.250. The van der Waals surface area contributed by atoms with Gasteiger partial charge in [0.15, 0.2) is 0 Å². The predicted octanol–water partition coefficient (Wildman–Crippen LogP) is 2.51. The Morgan fingerprint density at radius 3 is 2.50 bits per heavy atom. The lowest BCUT2D eigenvalue weighted by atomic mass is 10.2. The van der Waals surface area contributed by atoms with E-state index in [2.05, 4.69) is 4.98 Å². The van der Waals surface area contributed by atoms with E-state index in [1.54, 1.807) is 13.3 Å². The summed E-state index contributed by atoms with van der Waals surface area (Å²) in [6, 6.07) is 13.3. The highest BCUT2D eigenvalue weighted by Gasteiger charge is 2.06. The van der Waals surface area contributed by atoms with Crippen LogP contribution in [-0.4, -0.2) is 18.1 Å². The number of hydrogen-bond acceptors (Lipinski definition) is 4. The summed E-state index contributed by atoms with van der Waals surface area (Å²) in [5.74, 6) is -0.254. The lowest BCUT2D eigenvalue weighted by Gasteiger charge is -2.05. The normalized spacial score (nSPS) is 10.2. The standard InChI is InChI=1S/C16H17NO3/c1-19-12-15-8-7-14(10-17-15)9-16(18)20-11-13-5-3-2-4-6-13/h2-8,10H,9,11-12H2,1H3. The van der Waals surface area contributed by atoms with Crippen LogP contribution < -0.4 is 0 Å². The summed E-state index contributed by atoms with van der Waals surface area (Å²) in [7, 11) is 1.62. The molecule has 1 aromatic heterocycles. The molecular weight excluding hydrogens is 254 g/mol. The maximum Gasteiger partial charge on any atom is 0.310 e. The third kappa shape index (κ3) is 4.48. The molecule has 0 saturated carbocycles. The van der Waals surface area contributed by atoms with Gasteiger partial charge in [0.2, 0.25) is 0 Å². The first kappa shape index (κ1) is 14.2. The van der Waals surface area contributed by atoms with Crippen LogP contribution in [0.1, 0.15) is 16.8 Å². The summed E-state index contributed by atoms with van der Waals surface area (Å²) >= 11 is 0. The van der Waals surface area contributed by atoms with Gasteiger partial charge in [-0.3, -0.25) is 9.78 Å². The van der Waals surface area contributed by atoms with Crippen LogP contribution in [0.2, 0.25) is 0 Å². The molecule has 2 rings (SSSR count). The van der Waals surface area contributed by atoms with Crippen molar-refractivity contribution in [3.8, 4) is 0 Å². The fourth-order valence-electron chi connectivity index (χ4n) is 1.75. The van der Waals surface area contributed by atoms with E-state index >= 15 is 0 Å². The number of aromatic nitrogens is 1. The first-order valence-electron chi connectivity index (χ1n) is 6.40. The highest BCUT2D eigenvalue weighted by atomic mass is 16.5. The van der Waals surface area contributed by atoms with Gasteiger partial charge < -0.3 is 9.47 Å². The van der Waals surface area contributed by atoms with E-state index in [9.17, 15) is 4.79 Å². The Kier molecular flexibility index (Phi) is 5.26. The van der Waals surface area contributed by atoms with E-state index in [4.69, 9.17) is 9.47 Å². The van der Waals surface area contributed by atoms with Crippen molar-refractivity contribution < 1.29 is 14.3 Å². The second-order valence-corrected chi connectivity index (χ2v) is 4.41. The molecule has 1 heterocycles. The number of hydrogen-bond donors (Lipinski definition) is 0. The molecule has 1 aromatic carbocycles. The molecule has 0 radical (unpaired) electrons. The molecule has 0 N–H and O–H groups in total. The summed E-state index contributed by atoms with van der Waals surface area (Å²) < 4.78 is 10.2. The first-order chi connectivity index (χ1) is 9.78. The van der Waals surface area contributed by atoms with Crippen LogP contribution in [0.15, 0.2) is 48.7 Å². The average molecular weight is 271 g/mol. The molecule has 0 unspecified atom stereocenters. The molecular formula is C16H17NO3. The zero-order valence-corrected chi connectivity index (χ0v) is 11.4. The van der Waals surface area contributed by atoms with E-state index in [0.29, 0.717) is 13.2 Å². The Morgan fingerprint density at radius 1 is 1.05 bits per heavy atom. The molecule has 2 aromatic rings. The van der Waals surface area contributed by atoms with Gasteiger partial charge in [0, 0.05) is 13.3 Å². The number of nitrogens with zero attached hydrogens (tertiary/aromatic N) is 1. The van der Waals surface area contributed by atoms with E-state index < -0.39 is 0 Å². The van der Waals surface area contributed by atoms with Crippen molar-refractivity contribution in [2.24, 2.45) is 0 Å². The van der Waals surface area contributed by atoms with Crippen molar-refractivity contribution in [1.82, 2.24) is 4.98 Å². The number of esters is 1. The Morgan fingerprint density at radius 2 is 1.85 bits per heavy atom. The SMILES string of the molecule is COCc1ccc(CC(=O)OCc2ccccc2)cn1. The summed E-state index contributed by atoms with van der Waals surface area (Å²) in [5, 5.41) is 0. The number of carbonyl (C=O) groups excluding carboxylic acids is 1. The maximum atomic E-state index is 11.7. The van der Waals surface area contributed by atoms with Gasteiger partial charge in [-0.25, -0.2) is 0 Å². The number of carbonyl (C=O) groups is 1. The van der Waals surface area contributed by atoms with Gasteiger partial charge in [-0.15, -0.1) is 0 Å². The zero-order chi connectivity index (χ0) is 14.2. The predicted molar refractivity (Wildman–Crippen MR) is 74.9 cm³/mol. The third-order valence-corrected chi connectivity index (χ3v) is 2.77. The van der Waals surface area contributed by atoms with Gasteiger partial charge in [-0.1, -0.05) is 36.4 Å². The second kappa shape index (κ2) is 7.40. The highest BCUT2D eigenvalue weighted by Crippen LogP contribution is 2.05. The average Bonchev–Trinajstić information content (AvgIpc) is 2.49. The minimum Gasteiger partial charge on any atom is -0.461 e. The van der Waals surface area contributed by atoms with Crippen molar-refractivity contribution in [1.29, 1.82) is 0 Å². The first-order valence-corrected chi connectivity index (χ1v) is 6.40. The number of benzene rings is 1. The lowest BCUT2D eigenvalue weighted by molar-refractivity contribution is -0.144. The Labute approximate surface area is 118 Å². The van der Waals surface area contributed by atoms with E-state index in [1.165, 1.54) is 0 Å². The minimum absolute atomic E-state index is 0.229. The molecule has 0 aliphatic carbocycles. The third-order valence-electron chi connectivity index (χ3n) is 2.77. The van der Waals surface area contributed by atoms with Crippen LogP contribution in [0.25, 0.3) is 0 Å². The van der Waals surface area contributed by atoms with Crippen LogP contribution >= 0.6 is 0 Å². The van der Waals surface area contributed by atoms with Crippen molar-refractivity contribution in [2.75, 3.05) is 7.11 Å². The van der Waals surface area contributed by atoms with Gasteiger partial charge >= 0.3 is 5.97 Å². The molecule has 0 fully saturated rings. The van der Waals surface area contributed by atoms with Gasteiger partial charge in [0.25, 0.3) is 0 Å². The number of rotatable bonds is 6. The van der Waals surface area contributed by atoms with Crippen LogP contribution in [0, 0.1) is 0 Å². The summed E-state index contributed by atoms with van der Waals surface area (Å²) in [4.78, 5) is 15.9. The van der Waals surface area contributed by atoms with Gasteiger partial charge in [0.1, 0.15) is 6.61 Å². The second-order valence-electron chi connectivity index (χ2n) is 4.41. The van der Waals surface area contributed by atoms with Crippen molar-refractivity contribution in [3.63, 3.8) is 0 Å². The lowest BCUT2D eigenvalue weighted by Crippen LogP contribution is -2.08. The highest BCUT2D eigenvalue weighted by molar-refractivity contribution is 5.72. The topological polar surface area (TPSA) is 48.4 Å². The smallest absolute Gasteiger partial charge is 0.310 e. The Hall–Kier alpha value is -2.20.